The van der Waals surface area contributed by atoms with Crippen LogP contribution in [0, 0.1) is 10.1 Å². The van der Waals surface area contributed by atoms with Gasteiger partial charge in [0.2, 0.25) is 0 Å². The molecule has 82 valence electrons. The summed E-state index contributed by atoms with van der Waals surface area (Å²) in [5, 5.41) is 11.0. The smallest absolute Gasteiger partial charge is 0.416 e. The molecule has 2 aromatic rings. The normalized spacial score (nSPS) is 10.6. The highest BCUT2D eigenvalue weighted by Crippen LogP contribution is 2.30. The fourth-order valence-corrected chi connectivity index (χ4v) is 1.75. The third-order valence-electron chi connectivity index (χ3n) is 1.97. The van der Waals surface area contributed by atoms with Crippen LogP contribution in [0.2, 0.25) is 10.0 Å². The van der Waals surface area contributed by atoms with Gasteiger partial charge in [-0.05, 0) is 12.1 Å². The van der Waals surface area contributed by atoms with Crippen LogP contribution in [0.4, 0.5) is 5.69 Å². The highest BCUT2D eigenvalue weighted by Gasteiger charge is 2.23. The van der Waals surface area contributed by atoms with Crippen molar-refractivity contribution >= 4 is 39.9 Å². The van der Waals surface area contributed by atoms with Gasteiger partial charge in [0.1, 0.15) is 10.6 Å². The summed E-state index contributed by atoms with van der Waals surface area (Å²) in [4.78, 5) is 21.0. The number of hydrogen-bond acceptors (Lipinski definition) is 4. The van der Waals surface area contributed by atoms with Crippen molar-refractivity contribution in [2.75, 3.05) is 0 Å². The van der Waals surface area contributed by atoms with Crippen LogP contribution in [0.15, 0.2) is 27.4 Å². The van der Waals surface area contributed by atoms with Gasteiger partial charge in [0.25, 0.3) is 0 Å². The van der Waals surface area contributed by atoms with Gasteiger partial charge in [-0.2, -0.15) is 0 Å². The Bertz CT molecular complexity index is 650. The van der Waals surface area contributed by atoms with Crippen molar-refractivity contribution in [1.82, 2.24) is 0 Å². The van der Waals surface area contributed by atoms with E-state index in [1.165, 1.54) is 18.2 Å². The fourth-order valence-electron chi connectivity index (χ4n) is 1.28. The summed E-state index contributed by atoms with van der Waals surface area (Å²) in [6.07, 6.45) is 0. The first-order valence-electron chi connectivity index (χ1n) is 4.07. The van der Waals surface area contributed by atoms with Gasteiger partial charge in [-0.1, -0.05) is 23.2 Å². The summed E-state index contributed by atoms with van der Waals surface area (Å²) in [5.74, 6) is 0. The topological polar surface area (TPSA) is 73.3 Å². The predicted octanol–water partition coefficient (Wildman–Crippen LogP) is 3.01. The van der Waals surface area contributed by atoms with E-state index >= 15 is 0 Å². The van der Waals surface area contributed by atoms with Crippen LogP contribution in [0.5, 0.6) is 0 Å². The lowest BCUT2D eigenvalue weighted by atomic mass is 10.2. The maximum Gasteiger partial charge on any atom is 0.416 e. The molecule has 0 fully saturated rings. The van der Waals surface area contributed by atoms with Crippen LogP contribution in [0.1, 0.15) is 0 Å². The molecule has 0 atom stereocenters. The second-order valence-electron chi connectivity index (χ2n) is 2.95. The molecule has 0 aliphatic carbocycles. The second kappa shape index (κ2) is 3.77. The zero-order valence-electron chi connectivity index (χ0n) is 7.57. The zero-order chi connectivity index (χ0) is 11.9. The zero-order valence-corrected chi connectivity index (χ0v) is 9.08. The third kappa shape index (κ3) is 1.64. The molecule has 0 saturated heterocycles. The number of fused-ring (bicyclic) bond motifs is 1. The Hall–Kier alpha value is -1.59. The van der Waals surface area contributed by atoms with E-state index < -0.39 is 16.2 Å². The molecule has 0 bridgehead atoms. The Balaban J connectivity index is 2.94. The van der Waals surface area contributed by atoms with Gasteiger partial charge >= 0.3 is 11.3 Å². The molecule has 0 N–H and O–H groups in total. The molecule has 1 aromatic heterocycles. The number of rotatable bonds is 1. The number of nitrogens with zero attached hydrogens (tertiary/aromatic N) is 1. The molecule has 1 heterocycles. The number of benzene rings is 1. The lowest BCUT2D eigenvalue weighted by Crippen LogP contribution is -2.07. The van der Waals surface area contributed by atoms with Gasteiger partial charge in [0, 0.05) is 16.5 Å². The lowest BCUT2D eigenvalue weighted by Gasteiger charge is -1.99. The van der Waals surface area contributed by atoms with Gasteiger partial charge in [0.05, 0.1) is 4.92 Å². The average molecular weight is 260 g/mol. The first-order valence-corrected chi connectivity index (χ1v) is 4.82. The van der Waals surface area contributed by atoms with Gasteiger partial charge < -0.3 is 4.42 Å². The van der Waals surface area contributed by atoms with Crippen molar-refractivity contribution in [3.63, 3.8) is 0 Å². The van der Waals surface area contributed by atoms with E-state index in [4.69, 9.17) is 27.6 Å². The Morgan fingerprint density at radius 1 is 1.31 bits per heavy atom. The van der Waals surface area contributed by atoms with Crippen molar-refractivity contribution in [3.05, 3.63) is 48.8 Å². The van der Waals surface area contributed by atoms with Crippen LogP contribution >= 0.6 is 23.2 Å². The molecule has 2 rings (SSSR count). The Kier molecular flexibility index (Phi) is 2.57. The first kappa shape index (κ1) is 10.9. The quantitative estimate of drug-likeness (QED) is 0.448. The highest BCUT2D eigenvalue weighted by molar-refractivity contribution is 6.37. The van der Waals surface area contributed by atoms with E-state index in [-0.39, 0.29) is 16.0 Å². The highest BCUT2D eigenvalue weighted by atomic mass is 35.5. The maximum absolute atomic E-state index is 11.3. The van der Waals surface area contributed by atoms with Crippen LogP contribution in [-0.2, 0) is 0 Å². The van der Waals surface area contributed by atoms with Crippen molar-refractivity contribution in [2.45, 2.75) is 0 Å². The van der Waals surface area contributed by atoms with Crippen LogP contribution in [-0.4, -0.2) is 4.92 Å². The minimum Gasteiger partial charge on any atom is -0.418 e. The standard InChI is InChI=1S/C9H3Cl2NO4/c10-4-1-2-5-6(3-4)16-9(13)8(7(5)11)12(14)15/h1-3H. The molecule has 0 aliphatic rings. The van der Waals surface area contributed by atoms with Crippen molar-refractivity contribution < 1.29 is 9.34 Å². The van der Waals surface area contributed by atoms with Gasteiger partial charge in [0.15, 0.2) is 0 Å². The van der Waals surface area contributed by atoms with Crippen molar-refractivity contribution in [1.29, 1.82) is 0 Å². The van der Waals surface area contributed by atoms with Crippen LogP contribution < -0.4 is 5.63 Å². The molecule has 16 heavy (non-hydrogen) atoms. The van der Waals surface area contributed by atoms with E-state index in [1.54, 1.807) is 0 Å². The Labute approximate surface area is 98.3 Å². The Morgan fingerprint density at radius 3 is 2.62 bits per heavy atom. The molecular formula is C9H3Cl2NO4. The number of hydrogen-bond donors (Lipinski definition) is 0. The largest absolute Gasteiger partial charge is 0.418 e. The minimum absolute atomic E-state index is 0.119. The molecular weight excluding hydrogens is 257 g/mol. The molecule has 0 radical (unpaired) electrons. The molecule has 0 aliphatic heterocycles. The molecule has 0 amide bonds. The summed E-state index contributed by atoms with van der Waals surface area (Å²) in [6, 6.07) is 4.32. The molecule has 0 saturated carbocycles. The van der Waals surface area contributed by atoms with Crippen molar-refractivity contribution in [2.24, 2.45) is 0 Å². The van der Waals surface area contributed by atoms with Crippen molar-refractivity contribution in [3.8, 4) is 0 Å². The molecule has 1 aromatic carbocycles. The minimum atomic E-state index is -1.09. The summed E-state index contributed by atoms with van der Waals surface area (Å²) in [5.41, 5.74) is -1.74. The second-order valence-corrected chi connectivity index (χ2v) is 3.76. The fraction of sp³-hybridized carbons (Fsp3) is 0. The van der Waals surface area contributed by atoms with Gasteiger partial charge in [-0.15, -0.1) is 0 Å². The lowest BCUT2D eigenvalue weighted by molar-refractivity contribution is -0.387. The predicted molar refractivity (Wildman–Crippen MR) is 59.2 cm³/mol. The first-order chi connectivity index (χ1) is 7.50. The summed E-state index contributed by atoms with van der Waals surface area (Å²) in [6.45, 7) is 0. The molecule has 0 spiro atoms. The summed E-state index contributed by atoms with van der Waals surface area (Å²) in [7, 11) is 0. The Morgan fingerprint density at radius 2 is 2.00 bits per heavy atom. The van der Waals surface area contributed by atoms with E-state index in [2.05, 4.69) is 0 Å². The number of halogens is 2. The maximum atomic E-state index is 11.3. The van der Waals surface area contributed by atoms with Gasteiger partial charge in [-0.25, -0.2) is 4.79 Å². The van der Waals surface area contributed by atoms with E-state index in [0.717, 1.165) is 0 Å². The number of nitro groups is 1. The van der Waals surface area contributed by atoms with Gasteiger partial charge in [-0.3, -0.25) is 10.1 Å². The summed E-state index contributed by atoms with van der Waals surface area (Å²) < 4.78 is 4.75. The van der Waals surface area contributed by atoms with E-state index in [9.17, 15) is 14.9 Å². The molecule has 7 heteroatoms. The van der Waals surface area contributed by atoms with Crippen LogP contribution in [0.25, 0.3) is 11.0 Å². The average Bonchev–Trinajstić information content (AvgIpc) is 2.15. The molecule has 0 unspecified atom stereocenters. The molecule has 5 nitrogen and oxygen atoms in total. The van der Waals surface area contributed by atoms with E-state index in [1.807, 2.05) is 0 Å². The summed E-state index contributed by atoms with van der Waals surface area (Å²) >= 11 is 11.4. The SMILES string of the molecule is O=c1oc2cc(Cl)ccc2c(Cl)c1[N+](=O)[O-]. The van der Waals surface area contributed by atoms with Crippen LogP contribution in [0.3, 0.4) is 0 Å². The monoisotopic (exact) mass is 259 g/mol. The van der Waals surface area contributed by atoms with E-state index in [0.29, 0.717) is 5.02 Å². The third-order valence-corrected chi connectivity index (χ3v) is 2.58.